The van der Waals surface area contributed by atoms with Gasteiger partial charge in [-0.1, -0.05) is 0 Å². The van der Waals surface area contributed by atoms with Gasteiger partial charge < -0.3 is 19.9 Å². The number of fused-ring (bicyclic) bond motifs is 1. The number of methoxy groups -OCH3 is 1. The first-order chi connectivity index (χ1) is 12.7. The fourth-order valence-electron chi connectivity index (χ4n) is 2.83. The number of amides is 2. The van der Waals surface area contributed by atoms with Gasteiger partial charge in [-0.15, -0.1) is 0 Å². The summed E-state index contributed by atoms with van der Waals surface area (Å²) in [6, 6.07) is 6.98. The normalized spacial score (nSPS) is 14.5. The summed E-state index contributed by atoms with van der Waals surface area (Å²) in [4.78, 5) is 24.9. The lowest BCUT2D eigenvalue weighted by Crippen LogP contribution is -2.50. The maximum atomic E-state index is 12.5. The molecule has 3 aromatic rings. The number of anilines is 2. The molecule has 0 saturated carbocycles. The Morgan fingerprint density at radius 3 is 2.77 bits per heavy atom. The van der Waals surface area contributed by atoms with E-state index in [1.54, 1.807) is 30.3 Å². The molecule has 1 fully saturated rings. The average Bonchev–Trinajstić information content (AvgIpc) is 3.16. The second-order valence-electron chi connectivity index (χ2n) is 5.83. The van der Waals surface area contributed by atoms with Crippen molar-refractivity contribution in [3.63, 3.8) is 0 Å². The van der Waals surface area contributed by atoms with Gasteiger partial charge in [-0.25, -0.2) is 9.78 Å². The Labute approximate surface area is 149 Å². The van der Waals surface area contributed by atoms with Crippen molar-refractivity contribution in [2.75, 3.05) is 43.5 Å². The maximum absolute atomic E-state index is 12.5. The van der Waals surface area contributed by atoms with Crippen LogP contribution in [0.4, 0.5) is 16.4 Å². The van der Waals surface area contributed by atoms with Gasteiger partial charge >= 0.3 is 6.03 Å². The van der Waals surface area contributed by atoms with Crippen molar-refractivity contribution in [3.8, 4) is 5.88 Å². The van der Waals surface area contributed by atoms with Gasteiger partial charge in [0.05, 0.1) is 7.11 Å². The van der Waals surface area contributed by atoms with Gasteiger partial charge in [-0.2, -0.15) is 20.4 Å². The number of nitrogens with one attached hydrogen (secondary N) is 2. The van der Waals surface area contributed by atoms with Gasteiger partial charge in [0.25, 0.3) is 0 Å². The third-order valence-electron chi connectivity index (χ3n) is 4.24. The van der Waals surface area contributed by atoms with Gasteiger partial charge in [0.15, 0.2) is 0 Å². The monoisotopic (exact) mass is 354 g/mol. The van der Waals surface area contributed by atoms with E-state index >= 15 is 0 Å². The largest absolute Gasteiger partial charge is 0.481 e. The molecule has 134 valence electrons. The fourth-order valence-corrected chi connectivity index (χ4v) is 2.83. The molecule has 26 heavy (non-hydrogen) atoms. The zero-order valence-corrected chi connectivity index (χ0v) is 14.2. The average molecular weight is 354 g/mol. The fraction of sp³-hybridized carbons (Fsp3) is 0.312. The minimum Gasteiger partial charge on any atom is -0.481 e. The maximum Gasteiger partial charge on any atom is 0.321 e. The smallest absolute Gasteiger partial charge is 0.321 e. The zero-order chi connectivity index (χ0) is 17.9. The molecular weight excluding hydrogens is 336 g/mol. The number of carbonyl (C=O) groups excluding carboxylic acids is 1. The van der Waals surface area contributed by atoms with Crippen LogP contribution in [0.15, 0.2) is 30.5 Å². The second kappa shape index (κ2) is 6.82. The van der Waals surface area contributed by atoms with Crippen molar-refractivity contribution in [1.82, 2.24) is 30.3 Å². The quantitative estimate of drug-likeness (QED) is 0.724. The van der Waals surface area contributed by atoms with Crippen LogP contribution in [0.2, 0.25) is 0 Å². The molecule has 1 aliphatic heterocycles. The van der Waals surface area contributed by atoms with Crippen LogP contribution in [-0.2, 0) is 0 Å². The lowest BCUT2D eigenvalue weighted by Gasteiger charge is -2.34. The topological polar surface area (TPSA) is 112 Å². The SMILES string of the molecule is COc1ccnc(N2CCN(C(=O)Nc3ccc4n[nH]nc4c3)CC2)n1. The molecule has 1 aliphatic rings. The Morgan fingerprint density at radius 2 is 1.96 bits per heavy atom. The van der Waals surface area contributed by atoms with Gasteiger partial charge in [0, 0.05) is 44.1 Å². The van der Waals surface area contributed by atoms with Crippen LogP contribution in [0.1, 0.15) is 0 Å². The zero-order valence-electron chi connectivity index (χ0n) is 14.2. The lowest BCUT2D eigenvalue weighted by atomic mass is 10.2. The first kappa shape index (κ1) is 16.1. The highest BCUT2D eigenvalue weighted by molar-refractivity contribution is 5.91. The molecule has 2 aromatic heterocycles. The molecule has 4 rings (SSSR count). The number of piperazine rings is 1. The summed E-state index contributed by atoms with van der Waals surface area (Å²) in [6.45, 7) is 2.48. The van der Waals surface area contributed by atoms with Crippen molar-refractivity contribution in [2.45, 2.75) is 0 Å². The van der Waals surface area contributed by atoms with Crippen molar-refractivity contribution >= 4 is 28.7 Å². The van der Waals surface area contributed by atoms with Crippen LogP contribution in [-0.4, -0.2) is 69.6 Å². The molecule has 0 spiro atoms. The summed E-state index contributed by atoms with van der Waals surface area (Å²) in [5, 5.41) is 13.5. The number of hydrogen-bond donors (Lipinski definition) is 2. The van der Waals surface area contributed by atoms with Crippen molar-refractivity contribution in [1.29, 1.82) is 0 Å². The molecule has 10 heteroatoms. The summed E-state index contributed by atoms with van der Waals surface area (Å²) in [7, 11) is 1.57. The second-order valence-corrected chi connectivity index (χ2v) is 5.83. The molecule has 1 saturated heterocycles. The molecule has 2 N–H and O–H groups in total. The van der Waals surface area contributed by atoms with Crippen LogP contribution in [0.25, 0.3) is 11.0 Å². The summed E-state index contributed by atoms with van der Waals surface area (Å²) in [5.74, 6) is 1.14. The Balaban J connectivity index is 1.37. The predicted molar refractivity (Wildman–Crippen MR) is 95.3 cm³/mol. The van der Waals surface area contributed by atoms with E-state index in [0.29, 0.717) is 49.2 Å². The molecule has 3 heterocycles. The molecule has 0 atom stereocenters. The number of ether oxygens (including phenoxy) is 1. The summed E-state index contributed by atoms with van der Waals surface area (Å²) >= 11 is 0. The number of aromatic amines is 1. The molecule has 10 nitrogen and oxygen atoms in total. The number of rotatable bonds is 3. The van der Waals surface area contributed by atoms with E-state index in [4.69, 9.17) is 4.74 Å². The summed E-state index contributed by atoms with van der Waals surface area (Å²) < 4.78 is 5.13. The molecule has 2 amide bonds. The summed E-state index contributed by atoms with van der Waals surface area (Å²) in [5.41, 5.74) is 2.16. The van der Waals surface area contributed by atoms with Crippen LogP contribution < -0.4 is 15.0 Å². The highest BCUT2D eigenvalue weighted by atomic mass is 16.5. The van der Waals surface area contributed by atoms with E-state index in [2.05, 4.69) is 30.7 Å². The van der Waals surface area contributed by atoms with Gasteiger partial charge in [0.1, 0.15) is 11.0 Å². The first-order valence-corrected chi connectivity index (χ1v) is 8.21. The standard InChI is InChI=1S/C16H18N8O2/c1-26-14-4-5-17-15(19-14)23-6-8-24(9-7-23)16(25)18-11-2-3-12-13(10-11)21-22-20-12/h2-5,10H,6-9H2,1H3,(H,18,25)(H,20,21,22). The van der Waals surface area contributed by atoms with E-state index in [1.807, 2.05) is 17.0 Å². The van der Waals surface area contributed by atoms with E-state index in [0.717, 1.165) is 5.52 Å². The highest BCUT2D eigenvalue weighted by Crippen LogP contribution is 2.17. The van der Waals surface area contributed by atoms with Gasteiger partial charge in [0.2, 0.25) is 11.8 Å². The summed E-state index contributed by atoms with van der Waals surface area (Å²) in [6.07, 6.45) is 1.67. The highest BCUT2D eigenvalue weighted by Gasteiger charge is 2.23. The number of carbonyl (C=O) groups is 1. The molecule has 0 radical (unpaired) electrons. The van der Waals surface area contributed by atoms with Crippen LogP contribution in [0.5, 0.6) is 5.88 Å². The number of hydrogen-bond acceptors (Lipinski definition) is 7. The molecule has 0 unspecified atom stereocenters. The molecular formula is C16H18N8O2. The van der Waals surface area contributed by atoms with E-state index in [-0.39, 0.29) is 6.03 Å². The number of H-pyrrole nitrogens is 1. The third-order valence-corrected chi connectivity index (χ3v) is 4.24. The Bertz CT molecular complexity index is 919. The number of benzene rings is 1. The van der Waals surface area contributed by atoms with Crippen molar-refractivity contribution in [2.24, 2.45) is 0 Å². The minimum absolute atomic E-state index is 0.140. The number of aromatic nitrogens is 5. The van der Waals surface area contributed by atoms with E-state index in [9.17, 15) is 4.79 Å². The molecule has 1 aromatic carbocycles. The molecule has 0 bridgehead atoms. The van der Waals surface area contributed by atoms with E-state index < -0.39 is 0 Å². The van der Waals surface area contributed by atoms with Crippen molar-refractivity contribution < 1.29 is 9.53 Å². The van der Waals surface area contributed by atoms with Crippen LogP contribution in [0, 0.1) is 0 Å². The Kier molecular flexibility index (Phi) is 4.22. The predicted octanol–water partition coefficient (Wildman–Crippen LogP) is 1.11. The Hall–Kier alpha value is -3.43. The van der Waals surface area contributed by atoms with Crippen LogP contribution in [0.3, 0.4) is 0 Å². The number of urea groups is 1. The Morgan fingerprint density at radius 1 is 1.15 bits per heavy atom. The van der Waals surface area contributed by atoms with E-state index in [1.165, 1.54) is 0 Å². The van der Waals surface area contributed by atoms with Gasteiger partial charge in [-0.05, 0) is 18.2 Å². The minimum atomic E-state index is -0.140. The van der Waals surface area contributed by atoms with Crippen molar-refractivity contribution in [3.05, 3.63) is 30.5 Å². The third kappa shape index (κ3) is 3.21. The lowest BCUT2D eigenvalue weighted by molar-refractivity contribution is 0.208. The molecule has 0 aliphatic carbocycles. The number of nitrogens with zero attached hydrogens (tertiary/aromatic N) is 6. The van der Waals surface area contributed by atoms with Crippen LogP contribution >= 0.6 is 0 Å². The van der Waals surface area contributed by atoms with Gasteiger partial charge in [-0.3, -0.25) is 0 Å². The first-order valence-electron chi connectivity index (χ1n) is 8.21.